The molecule has 1 amide bonds. The lowest BCUT2D eigenvalue weighted by atomic mass is 10.2. The molecule has 0 spiro atoms. The molecule has 0 radical (unpaired) electrons. The zero-order chi connectivity index (χ0) is 12.4. The van der Waals surface area contributed by atoms with E-state index in [0.717, 1.165) is 17.3 Å². The first kappa shape index (κ1) is 13.2. The van der Waals surface area contributed by atoms with Crippen molar-refractivity contribution in [1.82, 2.24) is 4.90 Å². The van der Waals surface area contributed by atoms with E-state index < -0.39 is 0 Å². The molecule has 0 saturated heterocycles. The molecule has 1 aliphatic rings. The topological polar surface area (TPSA) is 20.3 Å². The molecule has 17 heavy (non-hydrogen) atoms. The Morgan fingerprint density at radius 3 is 2.76 bits per heavy atom. The first-order valence-electron chi connectivity index (χ1n) is 5.45. The van der Waals surface area contributed by atoms with Crippen molar-refractivity contribution in [3.8, 4) is 0 Å². The van der Waals surface area contributed by atoms with E-state index in [1.54, 1.807) is 18.2 Å². The number of halogens is 3. The van der Waals surface area contributed by atoms with Crippen LogP contribution >= 0.6 is 39.1 Å². The van der Waals surface area contributed by atoms with Crippen LogP contribution in [-0.4, -0.2) is 29.3 Å². The summed E-state index contributed by atoms with van der Waals surface area (Å²) >= 11 is 15.0. The summed E-state index contributed by atoms with van der Waals surface area (Å²) in [5, 5.41) is 0.568. The molecule has 1 aromatic rings. The predicted octanol–water partition coefficient (Wildman–Crippen LogP) is 3.95. The lowest BCUT2D eigenvalue weighted by Crippen LogP contribution is -2.34. The summed E-state index contributed by atoms with van der Waals surface area (Å²) in [6, 6.07) is 5.59. The van der Waals surface area contributed by atoms with Crippen LogP contribution in [0.15, 0.2) is 22.7 Å². The van der Waals surface area contributed by atoms with Gasteiger partial charge in [-0.05, 0) is 47.0 Å². The number of hydrogen-bond donors (Lipinski definition) is 0. The number of hydrogen-bond acceptors (Lipinski definition) is 1. The molecule has 0 unspecified atom stereocenters. The quantitative estimate of drug-likeness (QED) is 0.762. The molecular formula is C12H12BrCl2NO. The van der Waals surface area contributed by atoms with Crippen molar-refractivity contribution in [2.45, 2.75) is 18.9 Å². The van der Waals surface area contributed by atoms with Gasteiger partial charge >= 0.3 is 0 Å². The number of rotatable bonds is 4. The van der Waals surface area contributed by atoms with Gasteiger partial charge in [-0.25, -0.2) is 0 Å². The van der Waals surface area contributed by atoms with Crippen molar-refractivity contribution in [2.75, 3.05) is 12.4 Å². The summed E-state index contributed by atoms with van der Waals surface area (Å²) < 4.78 is 0.770. The largest absolute Gasteiger partial charge is 0.334 e. The second kappa shape index (κ2) is 5.59. The number of benzene rings is 1. The van der Waals surface area contributed by atoms with Gasteiger partial charge in [0.1, 0.15) is 0 Å². The second-order valence-corrected chi connectivity index (χ2v) is 5.71. The number of carbonyl (C=O) groups excluding carboxylic acids is 1. The Balaban J connectivity index is 2.24. The smallest absolute Gasteiger partial charge is 0.255 e. The summed E-state index contributed by atoms with van der Waals surface area (Å²) in [7, 11) is 0. The Kier molecular flexibility index (Phi) is 4.34. The van der Waals surface area contributed by atoms with Gasteiger partial charge in [-0.15, -0.1) is 11.6 Å². The van der Waals surface area contributed by atoms with E-state index in [9.17, 15) is 4.79 Å². The highest BCUT2D eigenvalue weighted by molar-refractivity contribution is 9.10. The van der Waals surface area contributed by atoms with E-state index in [4.69, 9.17) is 23.2 Å². The first-order valence-corrected chi connectivity index (χ1v) is 7.16. The lowest BCUT2D eigenvalue weighted by molar-refractivity contribution is 0.0753. The van der Waals surface area contributed by atoms with Gasteiger partial charge in [-0.2, -0.15) is 0 Å². The molecule has 0 bridgehead atoms. The van der Waals surface area contributed by atoms with Gasteiger partial charge in [0.2, 0.25) is 0 Å². The molecule has 0 atom stereocenters. The highest BCUT2D eigenvalue weighted by Crippen LogP contribution is 2.30. The van der Waals surface area contributed by atoms with Gasteiger partial charge < -0.3 is 4.90 Å². The molecule has 2 nitrogen and oxygen atoms in total. The van der Waals surface area contributed by atoms with E-state index in [0.29, 0.717) is 29.1 Å². The van der Waals surface area contributed by atoms with E-state index in [-0.39, 0.29) is 5.91 Å². The van der Waals surface area contributed by atoms with Crippen molar-refractivity contribution in [2.24, 2.45) is 0 Å². The van der Waals surface area contributed by atoms with Crippen LogP contribution < -0.4 is 0 Å². The summed E-state index contributed by atoms with van der Waals surface area (Å²) in [6.45, 7) is 0.587. The summed E-state index contributed by atoms with van der Waals surface area (Å²) in [4.78, 5) is 14.2. The number of amides is 1. The summed E-state index contributed by atoms with van der Waals surface area (Å²) in [5.41, 5.74) is 0.606. The van der Waals surface area contributed by atoms with Crippen molar-refractivity contribution in [3.63, 3.8) is 0 Å². The van der Waals surface area contributed by atoms with E-state index in [1.807, 2.05) is 4.90 Å². The molecule has 0 aliphatic heterocycles. The number of nitrogens with zero attached hydrogens (tertiary/aromatic N) is 1. The van der Waals surface area contributed by atoms with E-state index in [2.05, 4.69) is 15.9 Å². The maximum absolute atomic E-state index is 12.4. The third-order valence-electron chi connectivity index (χ3n) is 2.73. The van der Waals surface area contributed by atoms with Crippen LogP contribution in [-0.2, 0) is 0 Å². The molecule has 1 saturated carbocycles. The molecule has 5 heteroatoms. The zero-order valence-electron chi connectivity index (χ0n) is 9.13. The van der Waals surface area contributed by atoms with Gasteiger partial charge in [0.25, 0.3) is 5.91 Å². The lowest BCUT2D eigenvalue weighted by Gasteiger charge is -2.22. The fourth-order valence-corrected chi connectivity index (χ4v) is 2.51. The normalized spacial score (nSPS) is 14.8. The molecule has 1 fully saturated rings. The minimum atomic E-state index is 0.00234. The molecule has 2 rings (SSSR count). The van der Waals surface area contributed by atoms with Gasteiger partial charge in [-0.3, -0.25) is 4.79 Å². The average Bonchev–Trinajstić information content (AvgIpc) is 3.12. The molecule has 1 aromatic carbocycles. The molecule has 1 aliphatic carbocycles. The van der Waals surface area contributed by atoms with Crippen molar-refractivity contribution in [3.05, 3.63) is 33.3 Å². The maximum atomic E-state index is 12.4. The standard InChI is InChI=1S/C12H12BrCl2NO/c13-11-4-1-8(15)7-10(11)12(17)16(6-5-14)9-2-3-9/h1,4,7,9H,2-3,5-6H2. The van der Waals surface area contributed by atoms with Crippen LogP contribution in [0.3, 0.4) is 0 Å². The van der Waals surface area contributed by atoms with Gasteiger partial charge in [0, 0.05) is 28.0 Å². The Hall–Kier alpha value is -0.250. The van der Waals surface area contributed by atoms with E-state index >= 15 is 0 Å². The average molecular weight is 337 g/mol. The minimum Gasteiger partial charge on any atom is -0.334 e. The Morgan fingerprint density at radius 1 is 1.47 bits per heavy atom. The van der Waals surface area contributed by atoms with Gasteiger partial charge in [-0.1, -0.05) is 11.6 Å². The van der Waals surface area contributed by atoms with Gasteiger partial charge in [0.15, 0.2) is 0 Å². The van der Waals surface area contributed by atoms with Crippen LogP contribution in [0.4, 0.5) is 0 Å². The molecule has 0 aromatic heterocycles. The van der Waals surface area contributed by atoms with Crippen molar-refractivity contribution < 1.29 is 4.79 Å². The van der Waals surface area contributed by atoms with Crippen LogP contribution in [0.25, 0.3) is 0 Å². The second-order valence-electron chi connectivity index (χ2n) is 4.04. The molecule has 0 heterocycles. The molecule has 92 valence electrons. The third-order valence-corrected chi connectivity index (χ3v) is 3.83. The maximum Gasteiger partial charge on any atom is 0.255 e. The monoisotopic (exact) mass is 335 g/mol. The molecule has 0 N–H and O–H groups in total. The van der Waals surface area contributed by atoms with Crippen molar-refractivity contribution >= 4 is 45.0 Å². The summed E-state index contributed by atoms with van der Waals surface area (Å²) in [6.07, 6.45) is 2.14. The Bertz CT molecular complexity index is 435. The number of carbonyl (C=O) groups is 1. The van der Waals surface area contributed by atoms with Crippen molar-refractivity contribution in [1.29, 1.82) is 0 Å². The van der Waals surface area contributed by atoms with Crippen LogP contribution in [0.5, 0.6) is 0 Å². The van der Waals surface area contributed by atoms with Crippen LogP contribution in [0, 0.1) is 0 Å². The highest BCUT2D eigenvalue weighted by atomic mass is 79.9. The Morgan fingerprint density at radius 2 is 2.18 bits per heavy atom. The van der Waals surface area contributed by atoms with Crippen LogP contribution in [0.2, 0.25) is 5.02 Å². The minimum absolute atomic E-state index is 0.00234. The highest BCUT2D eigenvalue weighted by Gasteiger charge is 2.33. The zero-order valence-corrected chi connectivity index (χ0v) is 12.2. The van der Waals surface area contributed by atoms with Gasteiger partial charge in [0.05, 0.1) is 5.56 Å². The third kappa shape index (κ3) is 3.15. The fourth-order valence-electron chi connectivity index (χ4n) is 1.74. The fraction of sp³-hybridized carbons (Fsp3) is 0.417. The van der Waals surface area contributed by atoms with Crippen LogP contribution in [0.1, 0.15) is 23.2 Å². The number of alkyl halides is 1. The molecular weight excluding hydrogens is 325 g/mol. The first-order chi connectivity index (χ1) is 8.13. The summed E-state index contributed by atoms with van der Waals surface area (Å²) in [5.74, 6) is 0.461. The van der Waals surface area contributed by atoms with E-state index in [1.165, 1.54) is 0 Å². The predicted molar refractivity (Wildman–Crippen MR) is 73.9 cm³/mol. The SMILES string of the molecule is O=C(c1cc(Cl)ccc1Br)N(CCCl)C1CC1. The Labute approximate surface area is 119 Å².